The molecule has 2 fully saturated rings. The van der Waals surface area contributed by atoms with Gasteiger partial charge in [-0.2, -0.15) is 0 Å². The second-order valence-corrected chi connectivity index (χ2v) is 8.43. The molecule has 2 unspecified atom stereocenters. The molecule has 2 heterocycles. The van der Waals surface area contributed by atoms with E-state index in [1.165, 1.54) is 0 Å². The van der Waals surface area contributed by atoms with E-state index in [0.29, 0.717) is 25.4 Å². The quantitative estimate of drug-likeness (QED) is 0.693. The summed E-state index contributed by atoms with van der Waals surface area (Å²) in [5.74, 6) is -0.447. The molecule has 1 N–H and O–H groups in total. The van der Waals surface area contributed by atoms with E-state index in [1.54, 1.807) is 4.90 Å². The molecule has 0 aliphatic carbocycles. The molecule has 1 aromatic rings. The highest BCUT2D eigenvalue weighted by molar-refractivity contribution is 9.10. The number of carbonyl (C=O) groups excluding carboxylic acids is 2. The van der Waals surface area contributed by atoms with Crippen molar-refractivity contribution in [3.63, 3.8) is 0 Å². The monoisotopic (exact) mass is 437 g/mol. The van der Waals surface area contributed by atoms with E-state index in [-0.39, 0.29) is 17.9 Å². The van der Waals surface area contributed by atoms with Gasteiger partial charge >= 0.3 is 0 Å². The standard InChI is InChI=1S/C20H28BrN3O3/c1-14(2)18(23-8-10-27-11-9-23)13-22-19(25)17-6-7-24(20(17)26)16-5-3-4-15(21)12-16/h3-5,12,14,17-18H,6-11,13H2,1-2H3,(H,22,25). The van der Waals surface area contributed by atoms with Gasteiger partial charge in [0.15, 0.2) is 0 Å². The van der Waals surface area contributed by atoms with Crippen molar-refractivity contribution in [2.24, 2.45) is 11.8 Å². The molecule has 27 heavy (non-hydrogen) atoms. The van der Waals surface area contributed by atoms with Gasteiger partial charge in [0.05, 0.1) is 13.2 Å². The van der Waals surface area contributed by atoms with Crippen molar-refractivity contribution < 1.29 is 14.3 Å². The molecule has 0 aromatic heterocycles. The molecule has 0 radical (unpaired) electrons. The number of hydrogen-bond donors (Lipinski definition) is 1. The van der Waals surface area contributed by atoms with Crippen LogP contribution in [0.2, 0.25) is 0 Å². The van der Waals surface area contributed by atoms with Crippen molar-refractivity contribution in [1.29, 1.82) is 0 Å². The van der Waals surface area contributed by atoms with Crippen LogP contribution in [0.5, 0.6) is 0 Å². The molecular weight excluding hydrogens is 410 g/mol. The fourth-order valence-electron chi connectivity index (χ4n) is 3.85. The summed E-state index contributed by atoms with van der Waals surface area (Å²) in [7, 11) is 0. The molecule has 2 amide bonds. The molecule has 3 rings (SSSR count). The van der Waals surface area contributed by atoms with Crippen LogP contribution in [0.3, 0.4) is 0 Å². The average Bonchev–Trinajstić information content (AvgIpc) is 3.04. The smallest absolute Gasteiger partial charge is 0.239 e. The topological polar surface area (TPSA) is 61.9 Å². The van der Waals surface area contributed by atoms with Crippen LogP contribution < -0.4 is 10.2 Å². The third-order valence-electron chi connectivity index (χ3n) is 5.41. The van der Waals surface area contributed by atoms with Crippen molar-refractivity contribution in [3.8, 4) is 0 Å². The van der Waals surface area contributed by atoms with Gasteiger partial charge in [-0.3, -0.25) is 14.5 Å². The number of rotatable bonds is 6. The number of amides is 2. The normalized spacial score (nSPS) is 22.3. The van der Waals surface area contributed by atoms with E-state index in [0.717, 1.165) is 36.5 Å². The number of benzene rings is 1. The van der Waals surface area contributed by atoms with Gasteiger partial charge in [0.1, 0.15) is 5.92 Å². The maximum atomic E-state index is 12.8. The van der Waals surface area contributed by atoms with Gasteiger partial charge in [0.2, 0.25) is 11.8 Å². The van der Waals surface area contributed by atoms with Crippen molar-refractivity contribution in [2.75, 3.05) is 44.3 Å². The van der Waals surface area contributed by atoms with Crippen LogP contribution in [-0.2, 0) is 14.3 Å². The molecule has 7 heteroatoms. The molecule has 0 saturated carbocycles. The van der Waals surface area contributed by atoms with Gasteiger partial charge < -0.3 is 15.0 Å². The highest BCUT2D eigenvalue weighted by atomic mass is 79.9. The first kappa shape index (κ1) is 20.3. The van der Waals surface area contributed by atoms with Gasteiger partial charge in [-0.15, -0.1) is 0 Å². The first-order chi connectivity index (χ1) is 13.0. The lowest BCUT2D eigenvalue weighted by atomic mass is 10.0. The van der Waals surface area contributed by atoms with Crippen LogP contribution in [0.4, 0.5) is 5.69 Å². The van der Waals surface area contributed by atoms with E-state index in [1.807, 2.05) is 24.3 Å². The van der Waals surface area contributed by atoms with Crippen molar-refractivity contribution in [2.45, 2.75) is 26.3 Å². The molecule has 0 bridgehead atoms. The Morgan fingerprint density at radius 3 is 2.70 bits per heavy atom. The van der Waals surface area contributed by atoms with Crippen LogP contribution in [0.15, 0.2) is 28.7 Å². The Morgan fingerprint density at radius 1 is 1.30 bits per heavy atom. The summed E-state index contributed by atoms with van der Waals surface area (Å²) in [6.07, 6.45) is 0.557. The molecule has 2 aliphatic heterocycles. The molecule has 1 aromatic carbocycles. The molecule has 148 valence electrons. The SMILES string of the molecule is CC(C)C(CNC(=O)C1CCN(c2cccc(Br)c2)C1=O)N1CCOCC1. The summed E-state index contributed by atoms with van der Waals surface area (Å²) in [5, 5.41) is 3.04. The van der Waals surface area contributed by atoms with E-state index in [4.69, 9.17) is 4.74 Å². The fraction of sp³-hybridized carbons (Fsp3) is 0.600. The summed E-state index contributed by atoms with van der Waals surface area (Å²) in [4.78, 5) is 29.5. The summed E-state index contributed by atoms with van der Waals surface area (Å²) >= 11 is 3.43. The molecule has 0 spiro atoms. The van der Waals surface area contributed by atoms with Crippen LogP contribution in [-0.4, -0.2) is 62.1 Å². The van der Waals surface area contributed by atoms with Crippen LogP contribution in [0.1, 0.15) is 20.3 Å². The largest absolute Gasteiger partial charge is 0.379 e. The zero-order valence-corrected chi connectivity index (χ0v) is 17.6. The predicted molar refractivity (Wildman–Crippen MR) is 109 cm³/mol. The van der Waals surface area contributed by atoms with Crippen molar-refractivity contribution in [3.05, 3.63) is 28.7 Å². The predicted octanol–water partition coefficient (Wildman–Crippen LogP) is 2.28. The Kier molecular flexibility index (Phi) is 6.89. The number of carbonyl (C=O) groups is 2. The van der Waals surface area contributed by atoms with E-state index >= 15 is 0 Å². The summed E-state index contributed by atoms with van der Waals surface area (Å²) in [6.45, 7) is 8.72. The third kappa shape index (κ3) is 4.89. The van der Waals surface area contributed by atoms with Gasteiger partial charge in [-0.25, -0.2) is 0 Å². The summed E-state index contributed by atoms with van der Waals surface area (Å²) in [6, 6.07) is 7.89. The lowest BCUT2D eigenvalue weighted by Gasteiger charge is -2.37. The van der Waals surface area contributed by atoms with Crippen molar-refractivity contribution >= 4 is 33.4 Å². The van der Waals surface area contributed by atoms with Gasteiger partial charge in [0.25, 0.3) is 0 Å². The van der Waals surface area contributed by atoms with Crippen LogP contribution >= 0.6 is 15.9 Å². The highest BCUT2D eigenvalue weighted by Gasteiger charge is 2.38. The van der Waals surface area contributed by atoms with E-state index in [9.17, 15) is 9.59 Å². The zero-order valence-electron chi connectivity index (χ0n) is 16.0. The first-order valence-corrected chi connectivity index (χ1v) is 10.4. The minimum atomic E-state index is -0.596. The Morgan fingerprint density at radius 2 is 2.04 bits per heavy atom. The third-order valence-corrected chi connectivity index (χ3v) is 5.90. The number of nitrogens with one attached hydrogen (secondary N) is 1. The van der Waals surface area contributed by atoms with Gasteiger partial charge in [-0.05, 0) is 30.5 Å². The van der Waals surface area contributed by atoms with Gasteiger partial charge in [0, 0.05) is 42.4 Å². The summed E-state index contributed by atoms with van der Waals surface area (Å²) < 4.78 is 6.35. The Labute approximate surface area is 169 Å². The molecule has 2 aliphatic rings. The molecular formula is C20H28BrN3O3. The number of nitrogens with zero attached hydrogens (tertiary/aromatic N) is 2. The average molecular weight is 438 g/mol. The zero-order chi connectivity index (χ0) is 19.4. The summed E-state index contributed by atoms with van der Waals surface area (Å²) in [5.41, 5.74) is 0.832. The van der Waals surface area contributed by atoms with Crippen LogP contribution in [0, 0.1) is 11.8 Å². The molecule has 6 nitrogen and oxygen atoms in total. The number of morpholine rings is 1. The number of ether oxygens (including phenoxy) is 1. The fourth-order valence-corrected chi connectivity index (χ4v) is 4.23. The molecule has 2 saturated heterocycles. The highest BCUT2D eigenvalue weighted by Crippen LogP contribution is 2.27. The van der Waals surface area contributed by atoms with Gasteiger partial charge in [-0.1, -0.05) is 35.8 Å². The van der Waals surface area contributed by atoms with Crippen molar-refractivity contribution in [1.82, 2.24) is 10.2 Å². The van der Waals surface area contributed by atoms with E-state index in [2.05, 4.69) is 40.0 Å². The Balaban J connectivity index is 1.58. The second-order valence-electron chi connectivity index (χ2n) is 7.52. The Bertz CT molecular complexity index is 676. The number of halogens is 1. The van der Waals surface area contributed by atoms with E-state index < -0.39 is 5.92 Å². The molecule has 2 atom stereocenters. The van der Waals surface area contributed by atoms with Crippen LogP contribution in [0.25, 0.3) is 0 Å². The second kappa shape index (κ2) is 9.17. The minimum absolute atomic E-state index is 0.113. The lowest BCUT2D eigenvalue weighted by molar-refractivity contribution is -0.132. The maximum absolute atomic E-state index is 12.8. The minimum Gasteiger partial charge on any atom is -0.379 e. The lowest BCUT2D eigenvalue weighted by Crippen LogP contribution is -2.52. The number of anilines is 1. The first-order valence-electron chi connectivity index (χ1n) is 9.64. The number of hydrogen-bond acceptors (Lipinski definition) is 4. The Hall–Kier alpha value is -1.44. The maximum Gasteiger partial charge on any atom is 0.239 e.